The van der Waals surface area contributed by atoms with Crippen LogP contribution >= 0.6 is 0 Å². The molecule has 0 aliphatic heterocycles. The Morgan fingerprint density at radius 1 is 1.32 bits per heavy atom. The molecule has 2 fully saturated rings. The van der Waals surface area contributed by atoms with Gasteiger partial charge in [-0.25, -0.2) is 4.79 Å². The van der Waals surface area contributed by atoms with E-state index < -0.39 is 6.10 Å². The molecule has 0 radical (unpaired) electrons. The summed E-state index contributed by atoms with van der Waals surface area (Å²) in [4.78, 5) is 11.1. The van der Waals surface area contributed by atoms with Crippen molar-refractivity contribution in [1.82, 2.24) is 0 Å². The van der Waals surface area contributed by atoms with Gasteiger partial charge in [-0.3, -0.25) is 0 Å². The summed E-state index contributed by atoms with van der Waals surface area (Å²) in [6.45, 7) is 5.00. The second-order valence-electron chi connectivity index (χ2n) is 8.99. The molecule has 0 heterocycles. The van der Waals surface area contributed by atoms with E-state index in [4.69, 9.17) is 4.74 Å². The van der Waals surface area contributed by atoms with Gasteiger partial charge < -0.3 is 19.7 Å². The fraction of sp³-hybridized carbons (Fsp3) is 0.870. The lowest BCUT2D eigenvalue weighted by molar-refractivity contribution is -0.146. The van der Waals surface area contributed by atoms with Crippen LogP contribution < -0.4 is 0 Å². The van der Waals surface area contributed by atoms with Gasteiger partial charge in [0.05, 0.1) is 19.3 Å². The molecule has 0 unspecified atom stereocenters. The van der Waals surface area contributed by atoms with Crippen molar-refractivity contribution in [3.05, 3.63) is 12.2 Å². The van der Waals surface area contributed by atoms with Crippen molar-refractivity contribution in [2.24, 2.45) is 29.6 Å². The number of carbonyl (C=O) groups excluding carboxylic acids is 1. The number of unbranched alkanes of at least 4 members (excludes halogenated alkanes) is 1. The Kier molecular flexibility index (Phi) is 9.96. The average Bonchev–Trinajstić information content (AvgIpc) is 3.18. The predicted octanol–water partition coefficient (Wildman–Crippen LogP) is 3.72. The first-order chi connectivity index (χ1) is 13.4. The highest BCUT2D eigenvalue weighted by Gasteiger charge is 2.46. The Balaban J connectivity index is 1.75. The highest BCUT2D eigenvalue weighted by atomic mass is 16.6. The van der Waals surface area contributed by atoms with E-state index in [0.29, 0.717) is 30.3 Å². The van der Waals surface area contributed by atoms with Gasteiger partial charge in [-0.2, -0.15) is 0 Å². The summed E-state index contributed by atoms with van der Waals surface area (Å²) in [5.41, 5.74) is 0. The van der Waals surface area contributed by atoms with Gasteiger partial charge in [-0.05, 0) is 55.8 Å². The largest absolute Gasteiger partial charge is 0.467 e. The van der Waals surface area contributed by atoms with Crippen LogP contribution in [0.25, 0.3) is 0 Å². The van der Waals surface area contributed by atoms with E-state index >= 15 is 0 Å². The molecule has 2 saturated carbocycles. The molecule has 2 aliphatic carbocycles. The molecule has 7 atom stereocenters. The summed E-state index contributed by atoms with van der Waals surface area (Å²) in [5.74, 6) is 2.01. The summed E-state index contributed by atoms with van der Waals surface area (Å²) in [7, 11) is 1.37. The molecule has 2 aliphatic rings. The maximum absolute atomic E-state index is 11.1. The molecule has 0 saturated heterocycles. The summed E-state index contributed by atoms with van der Waals surface area (Å²) in [5, 5.41) is 20.8. The van der Waals surface area contributed by atoms with Crippen molar-refractivity contribution in [2.45, 2.75) is 77.4 Å². The molecule has 162 valence electrons. The van der Waals surface area contributed by atoms with Gasteiger partial charge in [0.15, 0.2) is 0 Å². The van der Waals surface area contributed by atoms with E-state index in [9.17, 15) is 15.0 Å². The van der Waals surface area contributed by atoms with Crippen LogP contribution in [0.5, 0.6) is 0 Å². The Bertz CT molecular complexity index is 491. The summed E-state index contributed by atoms with van der Waals surface area (Å²) in [6, 6.07) is 0. The number of hydrogen-bond donors (Lipinski definition) is 2. The number of carbonyl (C=O) groups is 1. The van der Waals surface area contributed by atoms with Gasteiger partial charge in [0, 0.05) is 12.5 Å². The molecule has 2 rings (SSSR count). The third-order valence-electron chi connectivity index (χ3n) is 6.70. The summed E-state index contributed by atoms with van der Waals surface area (Å²) >= 11 is 0. The van der Waals surface area contributed by atoms with Crippen molar-refractivity contribution in [3.8, 4) is 0 Å². The Morgan fingerprint density at radius 3 is 2.82 bits per heavy atom. The minimum atomic E-state index is -0.415. The number of ether oxygens (including phenoxy) is 2. The van der Waals surface area contributed by atoms with Crippen molar-refractivity contribution < 1.29 is 24.5 Å². The van der Waals surface area contributed by atoms with Gasteiger partial charge >= 0.3 is 5.97 Å². The predicted molar refractivity (Wildman–Crippen MR) is 110 cm³/mol. The van der Waals surface area contributed by atoms with Gasteiger partial charge in [0.2, 0.25) is 0 Å². The van der Waals surface area contributed by atoms with Crippen molar-refractivity contribution >= 4 is 5.97 Å². The third kappa shape index (κ3) is 7.16. The Labute approximate surface area is 170 Å². The molecule has 0 aromatic rings. The SMILES string of the molecule is CCCC[C@H](C)C[14C@@H](O)/C=C/[C@@H]1[C@H]2C[C@H](CCOCC(=O)OC)C[C@H]2C[C@H]1O. The monoisotopic (exact) mass is 398 g/mol. The van der Waals surface area contributed by atoms with E-state index in [1.54, 1.807) is 0 Å². The molecule has 5 nitrogen and oxygen atoms in total. The lowest BCUT2D eigenvalue weighted by atomic mass is 9.90. The number of esters is 1. The zero-order chi connectivity index (χ0) is 20.5. The highest BCUT2D eigenvalue weighted by Crippen LogP contribution is 2.51. The average molecular weight is 399 g/mol. The molecule has 0 aromatic heterocycles. The van der Waals surface area contributed by atoms with Crippen LogP contribution in [0.4, 0.5) is 0 Å². The topological polar surface area (TPSA) is 76.0 Å². The maximum atomic E-state index is 11.1. The van der Waals surface area contributed by atoms with E-state index in [2.05, 4.69) is 24.7 Å². The van der Waals surface area contributed by atoms with Crippen molar-refractivity contribution in [3.63, 3.8) is 0 Å². The van der Waals surface area contributed by atoms with Crippen LogP contribution in [0, 0.1) is 29.6 Å². The molecule has 28 heavy (non-hydrogen) atoms. The molecule has 0 spiro atoms. The summed E-state index contributed by atoms with van der Waals surface area (Å²) in [6.07, 6.45) is 11.7. The Morgan fingerprint density at radius 2 is 2.11 bits per heavy atom. The van der Waals surface area contributed by atoms with E-state index in [1.165, 1.54) is 20.0 Å². The maximum Gasteiger partial charge on any atom is 0.331 e. The first-order valence-corrected chi connectivity index (χ1v) is 11.1. The van der Waals surface area contributed by atoms with Crippen LogP contribution in [0.1, 0.15) is 65.2 Å². The standard InChI is InChI=1S/C23H40O5/c1-4-5-6-16(2)11-19(24)7-8-20-21-13-17(12-18(21)14-22(20)25)9-10-28-15-23(26)27-3/h7-8,16-22,24-25H,4-6,9-15H2,1-3H3/b8-7+/t16-,17+,18-,19-,20+,21-,22+/m0/s1/i19+2. The van der Waals surface area contributed by atoms with Crippen LogP contribution in [0.2, 0.25) is 0 Å². The normalized spacial score (nSPS) is 31.8. The smallest absolute Gasteiger partial charge is 0.331 e. The number of aliphatic hydroxyl groups excluding tert-OH is 2. The summed E-state index contributed by atoms with van der Waals surface area (Å²) < 4.78 is 9.97. The van der Waals surface area contributed by atoms with Gasteiger partial charge in [-0.15, -0.1) is 0 Å². The van der Waals surface area contributed by atoms with Gasteiger partial charge in [-0.1, -0.05) is 45.3 Å². The van der Waals surface area contributed by atoms with Crippen LogP contribution in [-0.4, -0.2) is 48.7 Å². The molecule has 0 aromatic carbocycles. The molecular formula is C23H40O5. The number of hydrogen-bond acceptors (Lipinski definition) is 5. The fourth-order valence-electron chi connectivity index (χ4n) is 5.16. The van der Waals surface area contributed by atoms with Gasteiger partial charge in [0.1, 0.15) is 6.61 Å². The zero-order valence-electron chi connectivity index (χ0n) is 17.9. The first-order valence-electron chi connectivity index (χ1n) is 11.1. The second-order valence-corrected chi connectivity index (χ2v) is 8.99. The Hall–Kier alpha value is -0.910. The minimum absolute atomic E-state index is 0.0225. The van der Waals surface area contributed by atoms with E-state index in [0.717, 1.165) is 38.5 Å². The van der Waals surface area contributed by atoms with Crippen LogP contribution in [0.3, 0.4) is 0 Å². The first kappa shape index (κ1) is 23.4. The van der Waals surface area contributed by atoms with Crippen molar-refractivity contribution in [1.29, 1.82) is 0 Å². The van der Waals surface area contributed by atoms with Crippen LogP contribution in [0.15, 0.2) is 12.2 Å². The molecule has 2 N–H and O–H groups in total. The van der Waals surface area contributed by atoms with Crippen LogP contribution in [-0.2, 0) is 14.3 Å². The fourth-order valence-corrected chi connectivity index (χ4v) is 5.16. The number of fused-ring (bicyclic) bond motifs is 1. The van der Waals surface area contributed by atoms with E-state index in [-0.39, 0.29) is 24.6 Å². The number of methoxy groups -OCH3 is 1. The highest BCUT2D eigenvalue weighted by molar-refractivity contribution is 5.70. The second kappa shape index (κ2) is 11.9. The zero-order valence-corrected chi connectivity index (χ0v) is 17.9. The number of aliphatic hydroxyl groups is 2. The molecule has 0 amide bonds. The van der Waals surface area contributed by atoms with E-state index in [1.807, 2.05) is 6.08 Å². The minimum Gasteiger partial charge on any atom is -0.467 e. The van der Waals surface area contributed by atoms with Crippen molar-refractivity contribution in [2.75, 3.05) is 20.3 Å². The lowest BCUT2D eigenvalue weighted by Gasteiger charge is -2.20. The van der Waals surface area contributed by atoms with Gasteiger partial charge in [0.25, 0.3) is 0 Å². The molecule has 5 heteroatoms. The quantitative estimate of drug-likeness (QED) is 0.298. The third-order valence-corrected chi connectivity index (χ3v) is 6.70. The molecular weight excluding hydrogens is 358 g/mol. The molecule has 0 bridgehead atoms. The number of rotatable bonds is 12. The lowest BCUT2D eigenvalue weighted by Crippen LogP contribution is -2.19.